The normalized spacial score (nSPS) is 26.0. The molecule has 5 heteroatoms. The molecule has 1 N–H and O–H groups in total. The van der Waals surface area contributed by atoms with Gasteiger partial charge < -0.3 is 15.0 Å². The van der Waals surface area contributed by atoms with Crippen molar-refractivity contribution >= 4 is 11.8 Å². The van der Waals surface area contributed by atoms with Crippen molar-refractivity contribution in [3.05, 3.63) is 29.8 Å². The standard InChI is InChI=1S/C18H24N2O3/c1-13-16-8-5-11-20(16)17(21)9-2-3-10-19-18(22)14-6-4-7-15(12-14)23-13/h4,6-7,12-13,16H,2-3,5,8-11H2,1H3,(H,19,22). The van der Waals surface area contributed by atoms with Crippen LogP contribution in [-0.2, 0) is 4.79 Å². The van der Waals surface area contributed by atoms with E-state index in [4.69, 9.17) is 4.74 Å². The fourth-order valence-electron chi connectivity index (χ4n) is 3.44. The minimum atomic E-state index is -0.0889. The largest absolute Gasteiger partial charge is 0.489 e. The van der Waals surface area contributed by atoms with Crippen LogP contribution < -0.4 is 10.1 Å². The minimum absolute atomic E-state index is 0.0808. The van der Waals surface area contributed by atoms with Crippen LogP contribution in [0.4, 0.5) is 0 Å². The molecule has 0 spiro atoms. The molecule has 3 rings (SSSR count). The van der Waals surface area contributed by atoms with E-state index in [1.54, 1.807) is 12.1 Å². The first-order chi connectivity index (χ1) is 11.1. The molecule has 2 bridgehead atoms. The lowest BCUT2D eigenvalue weighted by atomic mass is 10.1. The molecule has 5 nitrogen and oxygen atoms in total. The van der Waals surface area contributed by atoms with Crippen LogP contribution >= 0.6 is 0 Å². The van der Waals surface area contributed by atoms with Gasteiger partial charge in [0.25, 0.3) is 5.91 Å². The second kappa shape index (κ2) is 7.02. The summed E-state index contributed by atoms with van der Waals surface area (Å²) in [6, 6.07) is 7.40. The maximum Gasteiger partial charge on any atom is 0.251 e. The van der Waals surface area contributed by atoms with Crippen molar-refractivity contribution in [2.24, 2.45) is 0 Å². The Balaban J connectivity index is 1.83. The highest BCUT2D eigenvalue weighted by molar-refractivity contribution is 5.94. The molecule has 124 valence electrons. The van der Waals surface area contributed by atoms with Crippen molar-refractivity contribution in [1.82, 2.24) is 10.2 Å². The highest BCUT2D eigenvalue weighted by Gasteiger charge is 2.33. The highest BCUT2D eigenvalue weighted by Crippen LogP contribution is 2.25. The molecule has 2 aliphatic heterocycles. The number of carbonyl (C=O) groups excluding carboxylic acids is 2. The molecule has 0 saturated carbocycles. The highest BCUT2D eigenvalue weighted by atomic mass is 16.5. The predicted octanol–water partition coefficient (Wildman–Crippen LogP) is 2.36. The summed E-state index contributed by atoms with van der Waals surface area (Å²) < 4.78 is 6.04. The second-order valence-corrected chi connectivity index (χ2v) is 6.36. The molecule has 1 aromatic carbocycles. The van der Waals surface area contributed by atoms with E-state index in [0.29, 0.717) is 24.3 Å². The summed E-state index contributed by atoms with van der Waals surface area (Å²) in [4.78, 5) is 26.6. The van der Waals surface area contributed by atoms with Crippen LogP contribution in [0.3, 0.4) is 0 Å². The molecule has 2 aliphatic rings. The van der Waals surface area contributed by atoms with Crippen LogP contribution in [0.5, 0.6) is 5.75 Å². The molecule has 2 atom stereocenters. The van der Waals surface area contributed by atoms with E-state index in [0.717, 1.165) is 32.2 Å². The smallest absolute Gasteiger partial charge is 0.251 e. The van der Waals surface area contributed by atoms with E-state index in [1.165, 1.54) is 0 Å². The molecule has 1 fully saturated rings. The van der Waals surface area contributed by atoms with Crippen LogP contribution in [0.15, 0.2) is 24.3 Å². The average molecular weight is 316 g/mol. The molecule has 0 aliphatic carbocycles. The fourth-order valence-corrected chi connectivity index (χ4v) is 3.44. The van der Waals surface area contributed by atoms with Crippen LogP contribution in [0.1, 0.15) is 49.4 Å². The van der Waals surface area contributed by atoms with E-state index in [-0.39, 0.29) is 24.0 Å². The van der Waals surface area contributed by atoms with E-state index in [9.17, 15) is 9.59 Å². The van der Waals surface area contributed by atoms with E-state index < -0.39 is 0 Å². The Bertz CT molecular complexity index is 587. The zero-order valence-corrected chi connectivity index (χ0v) is 13.6. The van der Waals surface area contributed by atoms with Crippen molar-refractivity contribution in [2.75, 3.05) is 13.1 Å². The maximum atomic E-state index is 12.4. The van der Waals surface area contributed by atoms with Crippen LogP contribution in [0.2, 0.25) is 0 Å². The Labute approximate surface area is 137 Å². The number of carbonyl (C=O) groups is 2. The van der Waals surface area contributed by atoms with Crippen LogP contribution in [0.25, 0.3) is 0 Å². The molecule has 2 unspecified atom stereocenters. The lowest BCUT2D eigenvalue weighted by molar-refractivity contribution is -0.133. The Morgan fingerprint density at radius 1 is 1.22 bits per heavy atom. The molecule has 2 amide bonds. The van der Waals surface area contributed by atoms with Gasteiger partial charge in [-0.05, 0) is 50.8 Å². The number of fused-ring (bicyclic) bond motifs is 3. The van der Waals surface area contributed by atoms with Gasteiger partial charge in [0.1, 0.15) is 11.9 Å². The van der Waals surface area contributed by atoms with E-state index >= 15 is 0 Å². The van der Waals surface area contributed by atoms with Gasteiger partial charge in [0, 0.05) is 25.1 Å². The Morgan fingerprint density at radius 2 is 2.09 bits per heavy atom. The van der Waals surface area contributed by atoms with Gasteiger partial charge in [-0.3, -0.25) is 9.59 Å². The Morgan fingerprint density at radius 3 is 2.96 bits per heavy atom. The topological polar surface area (TPSA) is 58.6 Å². The van der Waals surface area contributed by atoms with Gasteiger partial charge in [-0.15, -0.1) is 0 Å². The fraction of sp³-hybridized carbons (Fsp3) is 0.556. The number of nitrogens with zero attached hydrogens (tertiary/aromatic N) is 1. The van der Waals surface area contributed by atoms with Crippen molar-refractivity contribution in [2.45, 2.75) is 51.2 Å². The van der Waals surface area contributed by atoms with Gasteiger partial charge in [-0.25, -0.2) is 0 Å². The number of hydrogen-bond donors (Lipinski definition) is 1. The van der Waals surface area contributed by atoms with Crippen LogP contribution in [-0.4, -0.2) is 41.9 Å². The van der Waals surface area contributed by atoms with Gasteiger partial charge >= 0.3 is 0 Å². The lowest BCUT2D eigenvalue weighted by Gasteiger charge is -2.30. The zero-order chi connectivity index (χ0) is 16.2. The van der Waals surface area contributed by atoms with Crippen molar-refractivity contribution in [3.8, 4) is 5.75 Å². The molecule has 0 radical (unpaired) electrons. The number of hydrogen-bond acceptors (Lipinski definition) is 3. The second-order valence-electron chi connectivity index (χ2n) is 6.36. The van der Waals surface area contributed by atoms with Gasteiger partial charge in [-0.1, -0.05) is 6.07 Å². The first-order valence-electron chi connectivity index (χ1n) is 8.49. The van der Waals surface area contributed by atoms with Crippen LogP contribution in [0, 0.1) is 0 Å². The van der Waals surface area contributed by atoms with Gasteiger partial charge in [0.05, 0.1) is 6.04 Å². The number of rotatable bonds is 0. The summed E-state index contributed by atoms with van der Waals surface area (Å²) >= 11 is 0. The molecule has 1 saturated heterocycles. The summed E-state index contributed by atoms with van der Waals surface area (Å²) in [5.74, 6) is 0.801. The van der Waals surface area contributed by atoms with E-state index in [1.807, 2.05) is 24.0 Å². The summed E-state index contributed by atoms with van der Waals surface area (Å²) in [5, 5.41) is 2.90. The number of ether oxygens (including phenoxy) is 1. The third-order valence-corrected chi connectivity index (χ3v) is 4.68. The van der Waals surface area contributed by atoms with Crippen molar-refractivity contribution < 1.29 is 14.3 Å². The SMILES string of the molecule is CC1Oc2cccc(c2)C(=O)NCCCCC(=O)N2CCCC12. The Kier molecular flexibility index (Phi) is 4.84. The quantitative estimate of drug-likeness (QED) is 0.799. The summed E-state index contributed by atoms with van der Waals surface area (Å²) in [5.41, 5.74) is 0.617. The third-order valence-electron chi connectivity index (χ3n) is 4.68. The molecular weight excluding hydrogens is 292 g/mol. The number of amides is 2. The van der Waals surface area contributed by atoms with Gasteiger partial charge in [-0.2, -0.15) is 0 Å². The minimum Gasteiger partial charge on any atom is -0.489 e. The number of nitrogens with one attached hydrogen (secondary N) is 1. The summed E-state index contributed by atoms with van der Waals surface area (Å²) in [7, 11) is 0. The zero-order valence-electron chi connectivity index (χ0n) is 13.6. The predicted molar refractivity (Wildman–Crippen MR) is 87.5 cm³/mol. The maximum absolute atomic E-state index is 12.4. The van der Waals surface area contributed by atoms with Gasteiger partial charge in [0.15, 0.2) is 0 Å². The molecule has 0 aromatic heterocycles. The molecule has 23 heavy (non-hydrogen) atoms. The van der Waals surface area contributed by atoms with Crippen molar-refractivity contribution in [3.63, 3.8) is 0 Å². The molecular formula is C18H24N2O3. The summed E-state index contributed by atoms with van der Waals surface area (Å²) in [6.07, 6.45) is 4.10. The lowest BCUT2D eigenvalue weighted by Crippen LogP contribution is -2.44. The van der Waals surface area contributed by atoms with E-state index in [2.05, 4.69) is 5.32 Å². The first kappa shape index (κ1) is 15.8. The molecule has 2 heterocycles. The monoisotopic (exact) mass is 316 g/mol. The van der Waals surface area contributed by atoms with Crippen molar-refractivity contribution in [1.29, 1.82) is 0 Å². The third kappa shape index (κ3) is 3.66. The summed E-state index contributed by atoms with van der Waals surface area (Å²) in [6.45, 7) is 3.43. The first-order valence-corrected chi connectivity index (χ1v) is 8.49. The van der Waals surface area contributed by atoms with Gasteiger partial charge in [0.2, 0.25) is 5.91 Å². The Hall–Kier alpha value is -2.04. The number of benzene rings is 1. The molecule has 1 aromatic rings. The average Bonchev–Trinajstić information content (AvgIpc) is 3.03.